The number of piperidine rings is 1. The van der Waals surface area contributed by atoms with E-state index in [0.717, 1.165) is 24.2 Å². The second kappa shape index (κ2) is 6.77. The number of benzene rings is 1. The maximum absolute atomic E-state index is 12.2. The molecule has 1 fully saturated rings. The molecule has 0 aromatic heterocycles. The predicted molar refractivity (Wildman–Crippen MR) is 83.6 cm³/mol. The highest BCUT2D eigenvalue weighted by atomic mass is 32.2. The van der Waals surface area contributed by atoms with Crippen LogP contribution in [0, 0.1) is 12.8 Å². The van der Waals surface area contributed by atoms with Gasteiger partial charge in [-0.3, -0.25) is 0 Å². The van der Waals surface area contributed by atoms with Gasteiger partial charge in [0, 0.05) is 33.1 Å². The Kier molecular flexibility index (Phi) is 5.24. The first-order valence-corrected chi connectivity index (χ1v) is 8.67. The van der Waals surface area contributed by atoms with Crippen LogP contribution in [0.25, 0.3) is 0 Å². The van der Waals surface area contributed by atoms with Gasteiger partial charge in [0.05, 0.1) is 6.61 Å². The lowest BCUT2D eigenvalue weighted by Crippen LogP contribution is -2.46. The molecule has 1 aromatic carbocycles. The normalized spacial score (nSPS) is 20.7. The molecule has 0 bridgehead atoms. The van der Waals surface area contributed by atoms with Gasteiger partial charge in [0.1, 0.15) is 5.75 Å². The van der Waals surface area contributed by atoms with Gasteiger partial charge in [0.15, 0.2) is 0 Å². The summed E-state index contributed by atoms with van der Waals surface area (Å²) >= 11 is 0. The van der Waals surface area contributed by atoms with E-state index in [9.17, 15) is 8.42 Å². The second-order valence-corrected chi connectivity index (χ2v) is 7.88. The first kappa shape index (κ1) is 16.3. The highest BCUT2D eigenvalue weighted by molar-refractivity contribution is 7.86. The molecular formula is C15H24N2O3S. The Morgan fingerprint density at radius 3 is 2.71 bits per heavy atom. The minimum absolute atomic E-state index is 0.244. The fourth-order valence-electron chi connectivity index (χ4n) is 2.53. The average Bonchev–Trinajstić information content (AvgIpc) is 2.46. The van der Waals surface area contributed by atoms with Crippen molar-refractivity contribution in [3.05, 3.63) is 29.8 Å². The van der Waals surface area contributed by atoms with Crippen molar-refractivity contribution in [1.29, 1.82) is 0 Å². The third-order valence-corrected chi connectivity index (χ3v) is 5.74. The minimum atomic E-state index is -3.31. The van der Waals surface area contributed by atoms with E-state index in [-0.39, 0.29) is 5.92 Å². The molecular weight excluding hydrogens is 288 g/mol. The van der Waals surface area contributed by atoms with Crippen LogP contribution in [0.2, 0.25) is 0 Å². The Balaban J connectivity index is 1.95. The zero-order valence-electron chi connectivity index (χ0n) is 12.9. The van der Waals surface area contributed by atoms with Crippen LogP contribution in [0.15, 0.2) is 24.3 Å². The van der Waals surface area contributed by atoms with Crippen molar-refractivity contribution in [2.75, 3.05) is 33.8 Å². The van der Waals surface area contributed by atoms with E-state index in [1.807, 2.05) is 31.2 Å². The third-order valence-electron chi connectivity index (χ3n) is 3.84. The van der Waals surface area contributed by atoms with Gasteiger partial charge in [0.2, 0.25) is 0 Å². The van der Waals surface area contributed by atoms with Crippen LogP contribution >= 0.6 is 0 Å². The van der Waals surface area contributed by atoms with Crippen molar-refractivity contribution < 1.29 is 13.2 Å². The minimum Gasteiger partial charge on any atom is -0.493 e. The molecule has 1 saturated heterocycles. The molecule has 6 heteroatoms. The number of para-hydroxylation sites is 1. The quantitative estimate of drug-likeness (QED) is 0.834. The van der Waals surface area contributed by atoms with Gasteiger partial charge in [-0.25, -0.2) is 0 Å². The Hall–Kier alpha value is -1.11. The molecule has 0 aliphatic carbocycles. The standard InChI is InChI=1S/C15H24N2O3S/c1-13-7-4-5-9-15(13)20-12-14-8-6-10-17(11-14)21(18,19)16(2)3/h4-5,7,9,14H,6,8,10-12H2,1-3H3/t14-/m0/s1. The van der Waals surface area contributed by atoms with Crippen molar-refractivity contribution >= 4 is 10.2 Å². The highest BCUT2D eigenvalue weighted by Crippen LogP contribution is 2.23. The number of hydrogen-bond acceptors (Lipinski definition) is 3. The van der Waals surface area contributed by atoms with Crippen LogP contribution in [0.3, 0.4) is 0 Å². The van der Waals surface area contributed by atoms with Crippen LogP contribution in [0.5, 0.6) is 5.75 Å². The molecule has 0 N–H and O–H groups in total. The summed E-state index contributed by atoms with van der Waals surface area (Å²) in [6.45, 7) is 3.71. The van der Waals surface area contributed by atoms with Crippen LogP contribution in [-0.4, -0.2) is 50.8 Å². The zero-order chi connectivity index (χ0) is 15.5. The van der Waals surface area contributed by atoms with E-state index in [0.29, 0.717) is 19.7 Å². The Morgan fingerprint density at radius 1 is 1.33 bits per heavy atom. The SMILES string of the molecule is Cc1ccccc1OC[C@H]1CCCN(S(=O)(=O)N(C)C)C1. The smallest absolute Gasteiger partial charge is 0.281 e. The molecule has 0 spiro atoms. The number of rotatable bonds is 5. The lowest BCUT2D eigenvalue weighted by molar-refractivity contribution is 0.176. The largest absolute Gasteiger partial charge is 0.493 e. The van der Waals surface area contributed by atoms with Crippen molar-refractivity contribution in [3.8, 4) is 5.75 Å². The van der Waals surface area contributed by atoms with Gasteiger partial charge in [-0.2, -0.15) is 17.0 Å². The molecule has 0 amide bonds. The maximum atomic E-state index is 12.2. The summed E-state index contributed by atoms with van der Waals surface area (Å²) in [7, 11) is -0.168. The van der Waals surface area contributed by atoms with Crippen molar-refractivity contribution in [2.45, 2.75) is 19.8 Å². The summed E-state index contributed by atoms with van der Waals surface area (Å²) in [6.07, 6.45) is 1.89. The molecule has 1 atom stereocenters. The van der Waals surface area contributed by atoms with Gasteiger partial charge in [-0.15, -0.1) is 0 Å². The van der Waals surface area contributed by atoms with Gasteiger partial charge in [-0.1, -0.05) is 18.2 Å². The van der Waals surface area contributed by atoms with Gasteiger partial charge in [-0.05, 0) is 31.4 Å². The van der Waals surface area contributed by atoms with Crippen molar-refractivity contribution in [2.24, 2.45) is 5.92 Å². The first-order valence-electron chi connectivity index (χ1n) is 7.27. The third kappa shape index (κ3) is 3.96. The molecule has 21 heavy (non-hydrogen) atoms. The molecule has 1 aromatic rings. The lowest BCUT2D eigenvalue weighted by atomic mass is 10.0. The maximum Gasteiger partial charge on any atom is 0.281 e. The fourth-order valence-corrected chi connectivity index (χ4v) is 3.75. The summed E-state index contributed by atoms with van der Waals surface area (Å²) in [4.78, 5) is 0. The highest BCUT2D eigenvalue weighted by Gasteiger charge is 2.30. The molecule has 1 aliphatic heterocycles. The number of nitrogens with zero attached hydrogens (tertiary/aromatic N) is 2. The Morgan fingerprint density at radius 2 is 2.05 bits per heavy atom. The molecule has 0 radical (unpaired) electrons. The van der Waals surface area contributed by atoms with Crippen molar-refractivity contribution in [3.63, 3.8) is 0 Å². The van der Waals surface area contributed by atoms with E-state index in [1.165, 1.54) is 4.31 Å². The van der Waals surface area contributed by atoms with Gasteiger partial charge >= 0.3 is 0 Å². The fraction of sp³-hybridized carbons (Fsp3) is 0.600. The van der Waals surface area contributed by atoms with Crippen LogP contribution in [0.1, 0.15) is 18.4 Å². The Labute approximate surface area is 127 Å². The number of hydrogen-bond donors (Lipinski definition) is 0. The molecule has 0 saturated carbocycles. The summed E-state index contributed by atoms with van der Waals surface area (Å²) < 4.78 is 33.0. The second-order valence-electron chi connectivity index (χ2n) is 5.73. The van der Waals surface area contributed by atoms with Crippen LogP contribution in [-0.2, 0) is 10.2 Å². The molecule has 0 unspecified atom stereocenters. The van der Waals surface area contributed by atoms with E-state index in [4.69, 9.17) is 4.74 Å². The van der Waals surface area contributed by atoms with E-state index >= 15 is 0 Å². The molecule has 5 nitrogen and oxygen atoms in total. The summed E-state index contributed by atoms with van der Waals surface area (Å²) in [5, 5.41) is 0. The van der Waals surface area contributed by atoms with Gasteiger partial charge in [0.25, 0.3) is 10.2 Å². The average molecular weight is 312 g/mol. The topological polar surface area (TPSA) is 49.9 Å². The zero-order valence-corrected chi connectivity index (χ0v) is 13.8. The van der Waals surface area contributed by atoms with Crippen LogP contribution in [0.4, 0.5) is 0 Å². The van der Waals surface area contributed by atoms with Gasteiger partial charge < -0.3 is 4.74 Å². The van der Waals surface area contributed by atoms with E-state index < -0.39 is 10.2 Å². The lowest BCUT2D eigenvalue weighted by Gasteiger charge is -2.33. The van der Waals surface area contributed by atoms with Crippen molar-refractivity contribution in [1.82, 2.24) is 8.61 Å². The van der Waals surface area contributed by atoms with E-state index in [2.05, 4.69) is 0 Å². The summed E-state index contributed by atoms with van der Waals surface area (Å²) in [6, 6.07) is 7.89. The number of ether oxygens (including phenoxy) is 1. The predicted octanol–water partition coefficient (Wildman–Crippen LogP) is 1.89. The van der Waals surface area contributed by atoms with Crippen LogP contribution < -0.4 is 4.74 Å². The number of aryl methyl sites for hydroxylation is 1. The summed E-state index contributed by atoms with van der Waals surface area (Å²) in [5.74, 6) is 1.12. The molecule has 1 aliphatic rings. The Bertz CT molecular complexity index is 572. The molecule has 1 heterocycles. The molecule has 2 rings (SSSR count). The first-order chi connectivity index (χ1) is 9.91. The summed E-state index contributed by atoms with van der Waals surface area (Å²) in [5.41, 5.74) is 1.10. The van der Waals surface area contributed by atoms with E-state index in [1.54, 1.807) is 18.4 Å². The monoisotopic (exact) mass is 312 g/mol. The molecule has 118 valence electrons.